The van der Waals surface area contributed by atoms with Gasteiger partial charge in [-0.15, -0.1) is 11.3 Å². The second kappa shape index (κ2) is 7.45. The molecule has 0 radical (unpaired) electrons. The second-order valence-corrected chi connectivity index (χ2v) is 6.85. The molecule has 1 aromatic heterocycles. The first-order valence-corrected chi connectivity index (χ1v) is 7.92. The number of carboxylic acids is 1. The van der Waals surface area contributed by atoms with Gasteiger partial charge < -0.3 is 14.6 Å². The Balaban J connectivity index is 3.14. The van der Waals surface area contributed by atoms with E-state index in [4.69, 9.17) is 9.47 Å². The van der Waals surface area contributed by atoms with Crippen molar-refractivity contribution in [3.63, 3.8) is 0 Å². The van der Waals surface area contributed by atoms with Crippen LogP contribution in [-0.2, 0) is 9.47 Å². The third-order valence-electron chi connectivity index (χ3n) is 2.60. The number of thiophene rings is 1. The largest absolute Gasteiger partial charge is 0.477 e. The Morgan fingerprint density at radius 1 is 1.26 bits per heavy atom. The second-order valence-electron chi connectivity index (χ2n) is 5.83. The van der Waals surface area contributed by atoms with Gasteiger partial charge in [-0.25, -0.2) is 14.4 Å². The molecule has 0 aliphatic heterocycles. The van der Waals surface area contributed by atoms with Crippen LogP contribution in [0.25, 0.3) is 0 Å². The quantitative estimate of drug-likeness (QED) is 0.791. The van der Waals surface area contributed by atoms with E-state index in [-0.39, 0.29) is 27.6 Å². The van der Waals surface area contributed by atoms with Crippen LogP contribution in [-0.4, -0.2) is 35.3 Å². The molecule has 23 heavy (non-hydrogen) atoms. The van der Waals surface area contributed by atoms with Gasteiger partial charge in [0.15, 0.2) is 0 Å². The predicted octanol–water partition coefficient (Wildman–Crippen LogP) is 3.67. The summed E-state index contributed by atoms with van der Waals surface area (Å²) in [7, 11) is 0. The summed E-state index contributed by atoms with van der Waals surface area (Å²) in [4.78, 5) is 35.3. The fourth-order valence-electron chi connectivity index (χ4n) is 1.71. The molecule has 0 atom stereocenters. The number of anilines is 1. The summed E-state index contributed by atoms with van der Waals surface area (Å²) in [5.74, 6) is -1.84. The van der Waals surface area contributed by atoms with E-state index in [1.54, 1.807) is 20.8 Å². The van der Waals surface area contributed by atoms with Crippen LogP contribution in [0.2, 0.25) is 0 Å². The lowest BCUT2D eigenvalue weighted by Crippen LogP contribution is -2.27. The lowest BCUT2D eigenvalue weighted by atomic mass is 10.1. The number of rotatable bonds is 5. The fourth-order valence-corrected chi connectivity index (χ4v) is 2.73. The number of ether oxygens (including phenoxy) is 2. The van der Waals surface area contributed by atoms with Crippen molar-refractivity contribution >= 4 is 34.4 Å². The summed E-state index contributed by atoms with van der Waals surface area (Å²) in [6.45, 7) is 8.66. The zero-order chi connectivity index (χ0) is 17.8. The van der Waals surface area contributed by atoms with Gasteiger partial charge in [-0.1, -0.05) is 6.92 Å². The molecule has 0 saturated carbocycles. The minimum Gasteiger partial charge on any atom is -0.477 e. The Bertz CT molecular complexity index is 614. The van der Waals surface area contributed by atoms with Crippen molar-refractivity contribution in [2.24, 2.45) is 0 Å². The summed E-state index contributed by atoms with van der Waals surface area (Å²) in [6.07, 6.45) is -0.129. The van der Waals surface area contributed by atoms with Gasteiger partial charge >= 0.3 is 18.0 Å². The molecule has 8 heteroatoms. The lowest BCUT2D eigenvalue weighted by Gasteiger charge is -2.19. The van der Waals surface area contributed by atoms with Crippen LogP contribution in [0.5, 0.6) is 0 Å². The zero-order valence-electron chi connectivity index (χ0n) is 13.8. The number of carboxylic acid groups (broad SMARTS) is 1. The molecule has 1 rings (SSSR count). The van der Waals surface area contributed by atoms with Crippen molar-refractivity contribution in [1.29, 1.82) is 0 Å². The minimum absolute atomic E-state index is 0.0282. The van der Waals surface area contributed by atoms with Crippen molar-refractivity contribution in [3.05, 3.63) is 16.0 Å². The maximum Gasteiger partial charge on any atom is 0.412 e. The SMILES string of the molecule is CCCOC(=O)c1c(NC(=O)OC(C)(C)C)sc(C(=O)O)c1C. The molecule has 0 aliphatic carbocycles. The Hall–Kier alpha value is -2.09. The van der Waals surface area contributed by atoms with Gasteiger partial charge in [0.2, 0.25) is 0 Å². The van der Waals surface area contributed by atoms with Crippen molar-refractivity contribution < 1.29 is 29.0 Å². The summed E-state index contributed by atoms with van der Waals surface area (Å²) in [5, 5.41) is 11.7. The standard InChI is InChI=1S/C15H21NO6S/c1-6-7-21-13(19)9-8(2)10(12(17)18)23-11(9)16-14(20)22-15(3,4)5/h6-7H2,1-5H3,(H,16,20)(H,17,18). The summed E-state index contributed by atoms with van der Waals surface area (Å²) in [6, 6.07) is 0. The average Bonchev–Trinajstić information content (AvgIpc) is 2.70. The topological polar surface area (TPSA) is 102 Å². The van der Waals surface area contributed by atoms with E-state index in [0.717, 1.165) is 11.3 Å². The highest BCUT2D eigenvalue weighted by atomic mass is 32.1. The van der Waals surface area contributed by atoms with Crippen LogP contribution in [0, 0.1) is 6.92 Å². The van der Waals surface area contributed by atoms with Crippen molar-refractivity contribution in [2.75, 3.05) is 11.9 Å². The molecule has 0 bridgehead atoms. The summed E-state index contributed by atoms with van der Waals surface area (Å²) >= 11 is 0.798. The molecule has 0 unspecified atom stereocenters. The molecular weight excluding hydrogens is 322 g/mol. The molecule has 1 amide bonds. The molecule has 0 fully saturated rings. The maximum atomic E-state index is 12.1. The first kappa shape index (κ1) is 19.0. The van der Waals surface area contributed by atoms with Gasteiger partial charge in [-0.05, 0) is 39.7 Å². The van der Waals surface area contributed by atoms with Gasteiger partial charge in [0.1, 0.15) is 15.5 Å². The van der Waals surface area contributed by atoms with Gasteiger partial charge in [-0.3, -0.25) is 5.32 Å². The van der Waals surface area contributed by atoms with E-state index in [1.807, 2.05) is 6.92 Å². The van der Waals surface area contributed by atoms with Crippen LogP contribution in [0.3, 0.4) is 0 Å². The number of carbonyl (C=O) groups is 3. The van der Waals surface area contributed by atoms with Crippen LogP contribution in [0.15, 0.2) is 0 Å². The molecule has 0 aromatic carbocycles. The number of nitrogens with one attached hydrogen (secondary N) is 1. The number of aromatic carboxylic acids is 1. The molecular formula is C15H21NO6S. The van der Waals surface area contributed by atoms with E-state index >= 15 is 0 Å². The Labute approximate surface area is 138 Å². The monoisotopic (exact) mass is 343 g/mol. The van der Waals surface area contributed by atoms with Gasteiger partial charge in [0.25, 0.3) is 0 Å². The van der Waals surface area contributed by atoms with E-state index in [2.05, 4.69) is 5.32 Å². The third-order valence-corrected chi connectivity index (χ3v) is 3.79. The van der Waals surface area contributed by atoms with E-state index in [1.165, 1.54) is 6.92 Å². The molecule has 0 spiro atoms. The van der Waals surface area contributed by atoms with E-state index < -0.39 is 23.6 Å². The molecule has 0 aliphatic rings. The smallest absolute Gasteiger partial charge is 0.412 e. The number of hydrogen-bond acceptors (Lipinski definition) is 6. The first-order valence-electron chi connectivity index (χ1n) is 7.10. The van der Waals surface area contributed by atoms with Crippen LogP contribution in [0.1, 0.15) is 59.7 Å². The lowest BCUT2D eigenvalue weighted by molar-refractivity contribution is 0.0506. The number of hydrogen-bond donors (Lipinski definition) is 2. The number of esters is 1. The zero-order valence-corrected chi connectivity index (χ0v) is 14.6. The highest BCUT2D eigenvalue weighted by molar-refractivity contribution is 7.18. The third kappa shape index (κ3) is 5.24. The van der Waals surface area contributed by atoms with Crippen molar-refractivity contribution in [2.45, 2.75) is 46.6 Å². The highest BCUT2D eigenvalue weighted by Crippen LogP contribution is 2.34. The fraction of sp³-hybridized carbons (Fsp3) is 0.533. The highest BCUT2D eigenvalue weighted by Gasteiger charge is 2.27. The van der Waals surface area contributed by atoms with Gasteiger partial charge in [0, 0.05) is 0 Å². The molecule has 1 aromatic rings. The van der Waals surface area contributed by atoms with Gasteiger partial charge in [0.05, 0.1) is 12.2 Å². The van der Waals surface area contributed by atoms with Crippen LogP contribution < -0.4 is 5.32 Å². The maximum absolute atomic E-state index is 12.1. The predicted molar refractivity (Wildman–Crippen MR) is 86.4 cm³/mol. The van der Waals surface area contributed by atoms with Gasteiger partial charge in [-0.2, -0.15) is 0 Å². The van der Waals surface area contributed by atoms with Crippen molar-refractivity contribution in [1.82, 2.24) is 0 Å². The Morgan fingerprint density at radius 2 is 1.87 bits per heavy atom. The molecule has 0 saturated heterocycles. The molecule has 2 N–H and O–H groups in total. The summed E-state index contributed by atoms with van der Waals surface area (Å²) in [5.41, 5.74) is -0.407. The molecule has 7 nitrogen and oxygen atoms in total. The summed E-state index contributed by atoms with van der Waals surface area (Å²) < 4.78 is 10.2. The average molecular weight is 343 g/mol. The Morgan fingerprint density at radius 3 is 2.35 bits per heavy atom. The van der Waals surface area contributed by atoms with Crippen molar-refractivity contribution in [3.8, 4) is 0 Å². The van der Waals surface area contributed by atoms with E-state index in [9.17, 15) is 19.5 Å². The number of carbonyl (C=O) groups excluding carboxylic acids is 2. The van der Waals surface area contributed by atoms with E-state index in [0.29, 0.717) is 6.42 Å². The Kier molecular flexibility index (Phi) is 6.14. The first-order chi connectivity index (χ1) is 10.6. The molecule has 128 valence electrons. The minimum atomic E-state index is -1.17. The normalized spacial score (nSPS) is 11.0. The van der Waals surface area contributed by atoms with Crippen LogP contribution >= 0.6 is 11.3 Å². The van der Waals surface area contributed by atoms with Crippen LogP contribution in [0.4, 0.5) is 9.80 Å². The number of amides is 1. The molecule has 1 heterocycles.